The average Bonchev–Trinajstić information content (AvgIpc) is 3.06. The summed E-state index contributed by atoms with van der Waals surface area (Å²) in [6.07, 6.45) is 8.12. The second-order valence-electron chi connectivity index (χ2n) is 7.11. The lowest BCUT2D eigenvalue weighted by Crippen LogP contribution is -1.97. The average molecular weight is 358 g/mol. The molecular formula is C26H31N. The summed E-state index contributed by atoms with van der Waals surface area (Å²) in [5, 5.41) is 2.78. The van der Waals surface area contributed by atoms with Crippen LogP contribution in [-0.2, 0) is 6.54 Å². The zero-order valence-corrected chi connectivity index (χ0v) is 16.5. The van der Waals surface area contributed by atoms with Gasteiger partial charge in [0.05, 0.1) is 0 Å². The van der Waals surface area contributed by atoms with Gasteiger partial charge in [-0.1, -0.05) is 112 Å². The number of hydrogen-bond acceptors (Lipinski definition) is 0. The Hall–Kier alpha value is -2.54. The van der Waals surface area contributed by atoms with Gasteiger partial charge in [0, 0.05) is 28.4 Å². The summed E-state index contributed by atoms with van der Waals surface area (Å²) >= 11 is 0. The van der Waals surface area contributed by atoms with Crippen LogP contribution in [0.15, 0.2) is 84.9 Å². The SMILES string of the molecule is CCCCCCCCn1c2ccccc2c2ccccc21.c1ccccc1. The molecule has 0 bridgehead atoms. The monoisotopic (exact) mass is 357 g/mol. The van der Waals surface area contributed by atoms with E-state index in [2.05, 4.69) is 60.0 Å². The fourth-order valence-corrected chi connectivity index (χ4v) is 3.68. The number of benzene rings is 3. The first kappa shape index (κ1) is 19.2. The second kappa shape index (κ2) is 10.6. The van der Waals surface area contributed by atoms with Crippen LogP contribution >= 0.6 is 0 Å². The molecule has 0 saturated heterocycles. The molecule has 0 spiro atoms. The van der Waals surface area contributed by atoms with Crippen molar-refractivity contribution in [3.63, 3.8) is 0 Å². The maximum absolute atomic E-state index is 2.50. The number of fused-ring (bicyclic) bond motifs is 3. The van der Waals surface area contributed by atoms with Gasteiger partial charge in [0.2, 0.25) is 0 Å². The number of aryl methyl sites for hydroxylation is 1. The molecule has 0 fully saturated rings. The third-order valence-electron chi connectivity index (χ3n) is 5.08. The minimum Gasteiger partial charge on any atom is -0.340 e. The van der Waals surface area contributed by atoms with Crippen molar-refractivity contribution in [2.24, 2.45) is 0 Å². The van der Waals surface area contributed by atoms with Crippen molar-refractivity contribution in [2.75, 3.05) is 0 Å². The molecule has 0 N–H and O–H groups in total. The Morgan fingerprint density at radius 2 is 0.963 bits per heavy atom. The first-order valence-corrected chi connectivity index (χ1v) is 10.4. The molecular weight excluding hydrogens is 326 g/mol. The molecule has 140 valence electrons. The van der Waals surface area contributed by atoms with Crippen LogP contribution in [0.5, 0.6) is 0 Å². The third-order valence-corrected chi connectivity index (χ3v) is 5.08. The van der Waals surface area contributed by atoms with Crippen LogP contribution in [0.4, 0.5) is 0 Å². The molecule has 0 aliphatic rings. The van der Waals surface area contributed by atoms with E-state index < -0.39 is 0 Å². The fraction of sp³-hybridized carbons (Fsp3) is 0.308. The van der Waals surface area contributed by atoms with Gasteiger partial charge < -0.3 is 4.57 Å². The van der Waals surface area contributed by atoms with Crippen molar-refractivity contribution in [3.05, 3.63) is 84.9 Å². The minimum atomic E-state index is 1.14. The predicted molar refractivity (Wildman–Crippen MR) is 119 cm³/mol. The van der Waals surface area contributed by atoms with E-state index in [4.69, 9.17) is 0 Å². The van der Waals surface area contributed by atoms with Crippen molar-refractivity contribution in [2.45, 2.75) is 52.0 Å². The molecule has 1 heterocycles. The van der Waals surface area contributed by atoms with Gasteiger partial charge in [-0.2, -0.15) is 0 Å². The Labute approximate surface area is 163 Å². The van der Waals surface area contributed by atoms with Gasteiger partial charge in [0.15, 0.2) is 0 Å². The molecule has 1 nitrogen and oxygen atoms in total. The van der Waals surface area contributed by atoms with E-state index in [9.17, 15) is 0 Å². The summed E-state index contributed by atoms with van der Waals surface area (Å²) in [5.74, 6) is 0. The van der Waals surface area contributed by atoms with Gasteiger partial charge in [-0.15, -0.1) is 0 Å². The maximum atomic E-state index is 2.50. The smallest absolute Gasteiger partial charge is 0.0491 e. The molecule has 0 atom stereocenters. The second-order valence-corrected chi connectivity index (χ2v) is 7.11. The summed E-state index contributed by atoms with van der Waals surface area (Å²) in [7, 11) is 0. The predicted octanol–water partition coefficient (Wildman–Crippen LogP) is 7.84. The van der Waals surface area contributed by atoms with Crippen LogP contribution in [0.3, 0.4) is 0 Å². The van der Waals surface area contributed by atoms with E-state index in [0.29, 0.717) is 0 Å². The Morgan fingerprint density at radius 1 is 0.519 bits per heavy atom. The number of rotatable bonds is 7. The Kier molecular flexibility index (Phi) is 7.53. The number of para-hydroxylation sites is 2. The molecule has 0 saturated carbocycles. The van der Waals surface area contributed by atoms with Gasteiger partial charge in [-0.25, -0.2) is 0 Å². The molecule has 0 amide bonds. The standard InChI is InChI=1S/C20H25N.C6H6/c1-2-3-4-5-6-11-16-21-19-14-9-7-12-17(19)18-13-8-10-15-20(18)21;1-2-4-6-5-3-1/h7-10,12-15H,2-6,11,16H2,1H3;1-6H. The largest absolute Gasteiger partial charge is 0.340 e. The fourth-order valence-electron chi connectivity index (χ4n) is 3.68. The number of aromatic nitrogens is 1. The molecule has 0 unspecified atom stereocenters. The highest BCUT2D eigenvalue weighted by Crippen LogP contribution is 2.29. The molecule has 0 aliphatic carbocycles. The minimum absolute atomic E-state index is 1.14. The van der Waals surface area contributed by atoms with Crippen molar-refractivity contribution >= 4 is 21.8 Å². The first-order valence-electron chi connectivity index (χ1n) is 10.4. The van der Waals surface area contributed by atoms with Crippen LogP contribution in [0, 0.1) is 0 Å². The highest BCUT2D eigenvalue weighted by atomic mass is 15.0. The summed E-state index contributed by atoms with van der Waals surface area (Å²) < 4.78 is 2.50. The Balaban J connectivity index is 0.000000299. The lowest BCUT2D eigenvalue weighted by atomic mass is 10.1. The van der Waals surface area contributed by atoms with Gasteiger partial charge in [-0.3, -0.25) is 0 Å². The number of unbranched alkanes of at least 4 members (excludes halogenated alkanes) is 5. The lowest BCUT2D eigenvalue weighted by Gasteiger charge is -2.07. The molecule has 1 aromatic heterocycles. The highest BCUT2D eigenvalue weighted by molar-refractivity contribution is 6.07. The van der Waals surface area contributed by atoms with E-state index in [1.807, 2.05) is 36.4 Å². The molecule has 0 radical (unpaired) electrons. The Bertz CT molecular complexity index is 841. The van der Waals surface area contributed by atoms with Crippen LogP contribution < -0.4 is 0 Å². The van der Waals surface area contributed by atoms with Crippen molar-refractivity contribution in [1.29, 1.82) is 0 Å². The van der Waals surface area contributed by atoms with E-state index in [-0.39, 0.29) is 0 Å². The maximum Gasteiger partial charge on any atom is 0.0491 e. The van der Waals surface area contributed by atoms with Crippen molar-refractivity contribution < 1.29 is 0 Å². The summed E-state index contributed by atoms with van der Waals surface area (Å²) in [4.78, 5) is 0. The molecule has 27 heavy (non-hydrogen) atoms. The third kappa shape index (κ3) is 5.23. The quantitative estimate of drug-likeness (QED) is 0.297. The van der Waals surface area contributed by atoms with Crippen molar-refractivity contribution in [1.82, 2.24) is 4.57 Å². The van der Waals surface area contributed by atoms with E-state index in [0.717, 1.165) is 6.54 Å². The first-order chi connectivity index (χ1) is 13.4. The number of nitrogens with zero attached hydrogens (tertiary/aromatic N) is 1. The zero-order valence-electron chi connectivity index (χ0n) is 16.5. The Morgan fingerprint density at radius 3 is 1.48 bits per heavy atom. The highest BCUT2D eigenvalue weighted by Gasteiger charge is 2.08. The number of hydrogen-bond donors (Lipinski definition) is 0. The zero-order chi connectivity index (χ0) is 18.7. The van der Waals surface area contributed by atoms with E-state index in [1.165, 1.54) is 60.3 Å². The summed E-state index contributed by atoms with van der Waals surface area (Å²) in [5.41, 5.74) is 2.76. The molecule has 1 heteroatoms. The van der Waals surface area contributed by atoms with Gasteiger partial charge >= 0.3 is 0 Å². The lowest BCUT2D eigenvalue weighted by molar-refractivity contribution is 0.571. The molecule has 3 aromatic carbocycles. The van der Waals surface area contributed by atoms with Crippen molar-refractivity contribution in [3.8, 4) is 0 Å². The van der Waals surface area contributed by atoms with Crippen LogP contribution in [0.25, 0.3) is 21.8 Å². The summed E-state index contributed by atoms with van der Waals surface area (Å²) in [6.45, 7) is 3.41. The molecule has 0 aliphatic heterocycles. The van der Waals surface area contributed by atoms with Gasteiger partial charge in [0.1, 0.15) is 0 Å². The molecule has 4 rings (SSSR count). The van der Waals surface area contributed by atoms with Crippen LogP contribution in [0.2, 0.25) is 0 Å². The van der Waals surface area contributed by atoms with Crippen LogP contribution in [0.1, 0.15) is 45.4 Å². The molecule has 4 aromatic rings. The van der Waals surface area contributed by atoms with E-state index in [1.54, 1.807) is 0 Å². The normalized spacial score (nSPS) is 10.7. The summed E-state index contributed by atoms with van der Waals surface area (Å²) in [6, 6.07) is 29.6. The van der Waals surface area contributed by atoms with Gasteiger partial charge in [-0.05, 0) is 18.6 Å². The van der Waals surface area contributed by atoms with Gasteiger partial charge in [0.25, 0.3) is 0 Å². The van der Waals surface area contributed by atoms with E-state index >= 15 is 0 Å². The van der Waals surface area contributed by atoms with Crippen LogP contribution in [-0.4, -0.2) is 4.57 Å². The topological polar surface area (TPSA) is 4.93 Å².